The molecule has 0 aliphatic heterocycles. The minimum Gasteiger partial charge on any atom is -0.508 e. The van der Waals surface area contributed by atoms with E-state index in [1.807, 2.05) is 5.32 Å². The van der Waals surface area contributed by atoms with Crippen molar-refractivity contribution in [3.63, 3.8) is 0 Å². The zero-order valence-corrected chi connectivity index (χ0v) is 9.49. The van der Waals surface area contributed by atoms with Crippen LogP contribution in [0.25, 0.3) is 0 Å². The van der Waals surface area contributed by atoms with Gasteiger partial charge in [0.05, 0.1) is 0 Å². The van der Waals surface area contributed by atoms with E-state index in [9.17, 15) is 18.7 Å². The lowest BCUT2D eigenvalue weighted by Gasteiger charge is -2.41. The number of phenolic OH excluding ortho intramolecular Hbond substituents is 1. The van der Waals surface area contributed by atoms with Crippen LogP contribution in [-0.4, -0.2) is 27.6 Å². The fraction of sp³-hybridized carbons (Fsp3) is 0.417. The van der Waals surface area contributed by atoms with E-state index in [0.717, 1.165) is 0 Å². The highest BCUT2D eigenvalue weighted by atomic mass is 19.3. The number of aromatic hydroxyl groups is 1. The highest BCUT2D eigenvalue weighted by Gasteiger charge is 2.61. The molecule has 0 atom stereocenters. The lowest BCUT2D eigenvalue weighted by atomic mass is 9.75. The maximum atomic E-state index is 13.7. The van der Waals surface area contributed by atoms with Crippen molar-refractivity contribution >= 4 is 11.6 Å². The molecule has 4 nitrogen and oxygen atoms in total. The highest BCUT2D eigenvalue weighted by Crippen LogP contribution is 2.44. The van der Waals surface area contributed by atoms with Gasteiger partial charge in [-0.05, 0) is 43.5 Å². The van der Waals surface area contributed by atoms with Gasteiger partial charge >= 0.3 is 5.92 Å². The fourth-order valence-corrected chi connectivity index (χ4v) is 1.79. The number of hydrogen-bond acceptors (Lipinski definition) is 3. The van der Waals surface area contributed by atoms with Crippen LogP contribution in [0.1, 0.15) is 19.3 Å². The van der Waals surface area contributed by atoms with E-state index in [2.05, 4.69) is 0 Å². The molecule has 1 aromatic rings. The largest absolute Gasteiger partial charge is 0.508 e. The van der Waals surface area contributed by atoms with E-state index < -0.39 is 17.4 Å². The summed E-state index contributed by atoms with van der Waals surface area (Å²) in [6.45, 7) is 0. The first-order chi connectivity index (χ1) is 8.35. The van der Waals surface area contributed by atoms with Crippen molar-refractivity contribution in [1.29, 1.82) is 0 Å². The van der Waals surface area contributed by atoms with Gasteiger partial charge in [0.25, 0.3) is 5.91 Å². The molecule has 0 unspecified atom stereocenters. The van der Waals surface area contributed by atoms with E-state index in [1.165, 1.54) is 24.3 Å². The number of phenols is 1. The van der Waals surface area contributed by atoms with Gasteiger partial charge in [-0.2, -0.15) is 8.78 Å². The lowest BCUT2D eigenvalue weighted by molar-refractivity contribution is -0.212. The molecule has 1 saturated carbocycles. The summed E-state index contributed by atoms with van der Waals surface area (Å²) < 4.78 is 27.4. The number of nitrogens with one attached hydrogen (secondary N) is 1. The van der Waals surface area contributed by atoms with Crippen LogP contribution in [0, 0.1) is 0 Å². The average Bonchev–Trinajstić information content (AvgIpc) is 2.28. The molecule has 0 aromatic heterocycles. The SMILES string of the molecule is O=C(Nc1ccc(O)cc1)C(F)(F)C1(O)CCC1. The summed E-state index contributed by atoms with van der Waals surface area (Å²) in [5.74, 6) is -5.38. The number of anilines is 1. The van der Waals surface area contributed by atoms with Gasteiger partial charge in [0.2, 0.25) is 0 Å². The van der Waals surface area contributed by atoms with Crippen molar-refractivity contribution in [3.8, 4) is 5.75 Å². The Kier molecular flexibility index (Phi) is 2.98. The summed E-state index contributed by atoms with van der Waals surface area (Å²) in [6, 6.07) is 5.14. The van der Waals surface area contributed by atoms with Crippen molar-refractivity contribution < 1.29 is 23.8 Å². The van der Waals surface area contributed by atoms with Crippen LogP contribution in [0.2, 0.25) is 0 Å². The summed E-state index contributed by atoms with van der Waals surface area (Å²) in [4.78, 5) is 11.5. The molecule has 1 aromatic carbocycles. The van der Waals surface area contributed by atoms with Crippen molar-refractivity contribution in [3.05, 3.63) is 24.3 Å². The molecule has 18 heavy (non-hydrogen) atoms. The van der Waals surface area contributed by atoms with Gasteiger partial charge in [-0.1, -0.05) is 0 Å². The highest BCUT2D eigenvalue weighted by molar-refractivity contribution is 5.97. The standard InChI is InChI=1S/C12H13F2NO3/c13-12(14,11(18)6-1-7-11)10(17)15-8-2-4-9(16)5-3-8/h2-5,16,18H,1,6-7H2,(H,15,17). The van der Waals surface area contributed by atoms with Gasteiger partial charge in [0.15, 0.2) is 0 Å². The number of amides is 1. The molecule has 1 aliphatic rings. The predicted octanol–water partition coefficient (Wildman–Crippen LogP) is 1.88. The Balaban J connectivity index is 2.09. The third kappa shape index (κ3) is 2.03. The Morgan fingerprint density at radius 1 is 1.28 bits per heavy atom. The van der Waals surface area contributed by atoms with E-state index in [0.29, 0.717) is 6.42 Å². The van der Waals surface area contributed by atoms with Gasteiger partial charge in [-0.15, -0.1) is 0 Å². The first kappa shape index (κ1) is 12.8. The molecule has 0 radical (unpaired) electrons. The van der Waals surface area contributed by atoms with Gasteiger partial charge in [0.1, 0.15) is 11.4 Å². The van der Waals surface area contributed by atoms with Crippen LogP contribution in [0.4, 0.5) is 14.5 Å². The number of carbonyl (C=O) groups excluding carboxylic acids is 1. The number of carbonyl (C=O) groups is 1. The molecular formula is C12H13F2NO3. The van der Waals surface area contributed by atoms with Crippen molar-refractivity contribution in [2.45, 2.75) is 30.8 Å². The Morgan fingerprint density at radius 3 is 2.28 bits per heavy atom. The Labute approximate surface area is 102 Å². The van der Waals surface area contributed by atoms with Crippen LogP contribution in [0.3, 0.4) is 0 Å². The molecular weight excluding hydrogens is 244 g/mol. The maximum Gasteiger partial charge on any atom is 0.352 e. The minimum absolute atomic E-state index is 0.0302. The fourth-order valence-electron chi connectivity index (χ4n) is 1.79. The molecule has 0 bridgehead atoms. The van der Waals surface area contributed by atoms with Crippen LogP contribution in [0.5, 0.6) is 5.75 Å². The summed E-state index contributed by atoms with van der Waals surface area (Å²) >= 11 is 0. The van der Waals surface area contributed by atoms with Gasteiger partial charge in [-0.3, -0.25) is 4.79 Å². The Bertz CT molecular complexity index is 455. The number of aliphatic hydroxyl groups is 1. The number of hydrogen-bond donors (Lipinski definition) is 3. The number of alkyl halides is 2. The Hall–Kier alpha value is -1.69. The molecule has 6 heteroatoms. The molecule has 1 amide bonds. The zero-order chi connectivity index (χ0) is 13.4. The number of benzene rings is 1. The average molecular weight is 257 g/mol. The summed E-state index contributed by atoms with van der Waals surface area (Å²) in [5, 5.41) is 20.6. The van der Waals surface area contributed by atoms with Gasteiger partial charge in [0, 0.05) is 5.69 Å². The van der Waals surface area contributed by atoms with Crippen LogP contribution in [-0.2, 0) is 4.79 Å². The second-order valence-corrected chi connectivity index (χ2v) is 4.46. The summed E-state index contributed by atoms with van der Waals surface area (Å²) in [6.07, 6.45) is 0.324. The van der Waals surface area contributed by atoms with E-state index >= 15 is 0 Å². The first-order valence-corrected chi connectivity index (χ1v) is 5.56. The molecule has 2 rings (SSSR count). The predicted molar refractivity (Wildman–Crippen MR) is 60.5 cm³/mol. The summed E-state index contributed by atoms with van der Waals surface area (Å²) in [5.41, 5.74) is -2.09. The van der Waals surface area contributed by atoms with Gasteiger partial charge in [-0.25, -0.2) is 0 Å². The Morgan fingerprint density at radius 2 is 1.83 bits per heavy atom. The molecule has 3 N–H and O–H groups in total. The van der Waals surface area contributed by atoms with Crippen LogP contribution >= 0.6 is 0 Å². The van der Waals surface area contributed by atoms with E-state index in [4.69, 9.17) is 5.11 Å². The minimum atomic E-state index is -3.82. The van der Waals surface area contributed by atoms with Crippen LogP contribution in [0.15, 0.2) is 24.3 Å². The molecule has 98 valence electrons. The molecule has 1 aliphatic carbocycles. The normalized spacial score (nSPS) is 17.9. The summed E-state index contributed by atoms with van der Waals surface area (Å²) in [7, 11) is 0. The monoisotopic (exact) mass is 257 g/mol. The second kappa shape index (κ2) is 4.20. The van der Waals surface area contributed by atoms with Crippen molar-refractivity contribution in [2.24, 2.45) is 0 Å². The quantitative estimate of drug-likeness (QED) is 0.724. The molecule has 1 fully saturated rings. The topological polar surface area (TPSA) is 69.6 Å². The smallest absolute Gasteiger partial charge is 0.352 e. The van der Waals surface area contributed by atoms with E-state index in [1.54, 1.807) is 0 Å². The molecule has 0 heterocycles. The second-order valence-electron chi connectivity index (χ2n) is 4.46. The van der Waals surface area contributed by atoms with Crippen molar-refractivity contribution in [2.75, 3.05) is 5.32 Å². The number of rotatable bonds is 3. The lowest BCUT2D eigenvalue weighted by Crippen LogP contribution is -2.59. The third-order valence-electron chi connectivity index (χ3n) is 3.18. The molecule has 0 spiro atoms. The van der Waals surface area contributed by atoms with Crippen molar-refractivity contribution in [1.82, 2.24) is 0 Å². The first-order valence-electron chi connectivity index (χ1n) is 5.56. The van der Waals surface area contributed by atoms with E-state index in [-0.39, 0.29) is 24.3 Å². The molecule has 0 saturated heterocycles. The van der Waals surface area contributed by atoms with Gasteiger partial charge < -0.3 is 15.5 Å². The number of halogens is 2. The van der Waals surface area contributed by atoms with Crippen LogP contribution < -0.4 is 5.32 Å². The third-order valence-corrected chi connectivity index (χ3v) is 3.18. The zero-order valence-electron chi connectivity index (χ0n) is 9.49. The maximum absolute atomic E-state index is 13.7.